The zero-order valence-corrected chi connectivity index (χ0v) is 12.7. The standard InChI is InChI=1S/C17H14ClNO3/c1-2-21-15-6-4-3-5-13(15)19-17(20)16-10-11-9-12(18)7-8-14(11)22-16/h3-10H,2H2,1H3,(H,19,20). The molecule has 0 aliphatic rings. The largest absolute Gasteiger partial charge is 0.492 e. The van der Waals surface area contributed by atoms with Crippen LogP contribution in [0.5, 0.6) is 5.75 Å². The monoisotopic (exact) mass is 315 g/mol. The first-order valence-corrected chi connectivity index (χ1v) is 7.27. The second kappa shape index (κ2) is 6.12. The molecule has 2 aromatic carbocycles. The average Bonchev–Trinajstić information content (AvgIpc) is 2.92. The van der Waals surface area contributed by atoms with Crippen molar-refractivity contribution < 1.29 is 13.9 Å². The van der Waals surface area contributed by atoms with Gasteiger partial charge in [-0.15, -0.1) is 0 Å². The van der Waals surface area contributed by atoms with Crippen molar-refractivity contribution in [2.75, 3.05) is 11.9 Å². The summed E-state index contributed by atoms with van der Waals surface area (Å²) >= 11 is 5.93. The number of hydrogen-bond donors (Lipinski definition) is 1. The van der Waals surface area contributed by atoms with E-state index in [-0.39, 0.29) is 11.7 Å². The highest BCUT2D eigenvalue weighted by atomic mass is 35.5. The Balaban J connectivity index is 1.87. The van der Waals surface area contributed by atoms with Crippen LogP contribution in [-0.4, -0.2) is 12.5 Å². The zero-order valence-electron chi connectivity index (χ0n) is 11.9. The number of halogens is 1. The third kappa shape index (κ3) is 2.92. The molecule has 0 unspecified atom stereocenters. The fraction of sp³-hybridized carbons (Fsp3) is 0.118. The molecule has 5 heteroatoms. The number of nitrogens with one attached hydrogen (secondary N) is 1. The molecule has 1 aromatic heterocycles. The first-order chi connectivity index (χ1) is 10.7. The van der Waals surface area contributed by atoms with Crippen molar-refractivity contribution in [2.45, 2.75) is 6.92 Å². The molecule has 1 amide bonds. The number of hydrogen-bond acceptors (Lipinski definition) is 3. The van der Waals surface area contributed by atoms with Crippen molar-refractivity contribution in [3.63, 3.8) is 0 Å². The van der Waals surface area contributed by atoms with Gasteiger partial charge < -0.3 is 14.5 Å². The van der Waals surface area contributed by atoms with Crippen LogP contribution in [0.1, 0.15) is 17.5 Å². The van der Waals surface area contributed by atoms with Gasteiger partial charge in [0.25, 0.3) is 5.91 Å². The van der Waals surface area contributed by atoms with E-state index in [0.717, 1.165) is 5.39 Å². The highest BCUT2D eigenvalue weighted by molar-refractivity contribution is 6.31. The number of benzene rings is 2. The Morgan fingerprint density at radius 3 is 2.86 bits per heavy atom. The van der Waals surface area contributed by atoms with Crippen molar-refractivity contribution in [1.29, 1.82) is 0 Å². The predicted molar refractivity (Wildman–Crippen MR) is 86.8 cm³/mol. The lowest BCUT2D eigenvalue weighted by atomic mass is 10.2. The predicted octanol–water partition coefficient (Wildman–Crippen LogP) is 4.74. The summed E-state index contributed by atoms with van der Waals surface area (Å²) in [5.41, 5.74) is 1.22. The Morgan fingerprint density at radius 1 is 1.23 bits per heavy atom. The molecule has 0 saturated heterocycles. The average molecular weight is 316 g/mol. The molecule has 0 spiro atoms. The zero-order chi connectivity index (χ0) is 15.5. The smallest absolute Gasteiger partial charge is 0.291 e. The number of carbonyl (C=O) groups is 1. The van der Waals surface area contributed by atoms with Gasteiger partial charge in [-0.05, 0) is 43.3 Å². The molecule has 0 aliphatic heterocycles. The molecule has 4 nitrogen and oxygen atoms in total. The van der Waals surface area contributed by atoms with E-state index < -0.39 is 0 Å². The van der Waals surface area contributed by atoms with Gasteiger partial charge in [-0.3, -0.25) is 4.79 Å². The van der Waals surface area contributed by atoms with Crippen LogP contribution in [-0.2, 0) is 0 Å². The first-order valence-electron chi connectivity index (χ1n) is 6.89. The van der Waals surface area contributed by atoms with Gasteiger partial charge in [-0.25, -0.2) is 0 Å². The quantitative estimate of drug-likeness (QED) is 0.756. The van der Waals surface area contributed by atoms with Crippen LogP contribution in [0.3, 0.4) is 0 Å². The molecule has 112 valence electrons. The van der Waals surface area contributed by atoms with Crippen LogP contribution in [0.15, 0.2) is 52.9 Å². The number of anilines is 1. The van der Waals surface area contributed by atoms with E-state index in [2.05, 4.69) is 5.32 Å². The molecule has 22 heavy (non-hydrogen) atoms. The molecular formula is C17H14ClNO3. The van der Waals surface area contributed by atoms with Gasteiger partial charge in [0, 0.05) is 10.4 Å². The van der Waals surface area contributed by atoms with Gasteiger partial charge in [-0.1, -0.05) is 23.7 Å². The number of furan rings is 1. The molecule has 0 aliphatic carbocycles. The van der Waals surface area contributed by atoms with Crippen LogP contribution >= 0.6 is 11.6 Å². The molecule has 1 heterocycles. The van der Waals surface area contributed by atoms with Crippen LogP contribution in [0.4, 0.5) is 5.69 Å². The molecule has 3 rings (SSSR count). The molecule has 1 N–H and O–H groups in total. The first kappa shape index (κ1) is 14.5. The maximum absolute atomic E-state index is 12.3. The molecule has 0 bridgehead atoms. The second-order valence-electron chi connectivity index (χ2n) is 4.68. The van der Waals surface area contributed by atoms with Gasteiger partial charge in [0.1, 0.15) is 11.3 Å². The summed E-state index contributed by atoms with van der Waals surface area (Å²) < 4.78 is 11.0. The molecule has 0 radical (unpaired) electrons. The van der Waals surface area contributed by atoms with Crippen molar-refractivity contribution in [2.24, 2.45) is 0 Å². The van der Waals surface area contributed by atoms with E-state index in [9.17, 15) is 4.79 Å². The van der Waals surface area contributed by atoms with E-state index in [4.69, 9.17) is 20.8 Å². The van der Waals surface area contributed by atoms with Gasteiger partial charge >= 0.3 is 0 Å². The SMILES string of the molecule is CCOc1ccccc1NC(=O)c1cc2cc(Cl)ccc2o1. The van der Waals surface area contributed by atoms with Crippen molar-refractivity contribution in [3.05, 3.63) is 59.3 Å². The lowest BCUT2D eigenvalue weighted by Gasteiger charge is -2.10. The minimum atomic E-state index is -0.334. The molecular weight excluding hydrogens is 302 g/mol. The minimum Gasteiger partial charge on any atom is -0.492 e. The van der Waals surface area contributed by atoms with Gasteiger partial charge in [0.2, 0.25) is 0 Å². The van der Waals surface area contributed by atoms with E-state index in [1.165, 1.54) is 0 Å². The van der Waals surface area contributed by atoms with Crippen molar-refractivity contribution >= 4 is 34.2 Å². The molecule has 0 saturated carbocycles. The third-order valence-electron chi connectivity index (χ3n) is 3.14. The number of rotatable bonds is 4. The topological polar surface area (TPSA) is 51.5 Å². The minimum absolute atomic E-state index is 0.226. The maximum atomic E-state index is 12.3. The maximum Gasteiger partial charge on any atom is 0.291 e. The number of carbonyl (C=O) groups excluding carboxylic acids is 1. The summed E-state index contributed by atoms with van der Waals surface area (Å²) in [6.07, 6.45) is 0. The highest BCUT2D eigenvalue weighted by Gasteiger charge is 2.14. The van der Waals surface area contributed by atoms with E-state index in [1.54, 1.807) is 36.4 Å². The van der Waals surface area contributed by atoms with Crippen LogP contribution in [0.2, 0.25) is 5.02 Å². The van der Waals surface area contributed by atoms with E-state index in [0.29, 0.717) is 28.6 Å². The van der Waals surface area contributed by atoms with Crippen molar-refractivity contribution in [1.82, 2.24) is 0 Å². The van der Waals surface area contributed by atoms with Crippen LogP contribution in [0.25, 0.3) is 11.0 Å². The van der Waals surface area contributed by atoms with Gasteiger partial charge in [0.05, 0.1) is 12.3 Å². The van der Waals surface area contributed by atoms with E-state index in [1.807, 2.05) is 19.1 Å². The summed E-state index contributed by atoms with van der Waals surface area (Å²) in [4.78, 5) is 12.3. The number of ether oxygens (including phenoxy) is 1. The second-order valence-corrected chi connectivity index (χ2v) is 5.11. The van der Waals surface area contributed by atoms with Gasteiger partial charge in [-0.2, -0.15) is 0 Å². The normalized spacial score (nSPS) is 10.6. The fourth-order valence-corrected chi connectivity index (χ4v) is 2.34. The lowest BCUT2D eigenvalue weighted by Crippen LogP contribution is -2.12. The lowest BCUT2D eigenvalue weighted by molar-refractivity contribution is 0.0998. The van der Waals surface area contributed by atoms with Crippen molar-refractivity contribution in [3.8, 4) is 5.75 Å². The Kier molecular flexibility index (Phi) is 4.02. The number of fused-ring (bicyclic) bond motifs is 1. The molecule has 0 atom stereocenters. The Labute approximate surface area is 132 Å². The summed E-state index contributed by atoms with van der Waals surface area (Å²) in [6.45, 7) is 2.41. The summed E-state index contributed by atoms with van der Waals surface area (Å²) in [5.74, 6) is 0.514. The van der Waals surface area contributed by atoms with E-state index >= 15 is 0 Å². The van der Waals surface area contributed by atoms with Crippen LogP contribution < -0.4 is 10.1 Å². The Hall–Kier alpha value is -2.46. The van der Waals surface area contributed by atoms with Gasteiger partial charge in [0.15, 0.2) is 5.76 Å². The summed E-state index contributed by atoms with van der Waals surface area (Å²) in [7, 11) is 0. The number of amides is 1. The summed E-state index contributed by atoms with van der Waals surface area (Å²) in [5, 5.41) is 4.18. The number of para-hydroxylation sites is 2. The van der Waals surface area contributed by atoms with Crippen LogP contribution in [0, 0.1) is 0 Å². The molecule has 0 fully saturated rings. The fourth-order valence-electron chi connectivity index (χ4n) is 2.16. The highest BCUT2D eigenvalue weighted by Crippen LogP contribution is 2.26. The Bertz CT molecular complexity index is 826. The third-order valence-corrected chi connectivity index (χ3v) is 3.37. The molecule has 3 aromatic rings. The Morgan fingerprint density at radius 2 is 2.05 bits per heavy atom. The summed E-state index contributed by atoms with van der Waals surface area (Å²) in [6, 6.07) is 14.1.